The molecule has 0 unspecified atom stereocenters. The van der Waals surface area contributed by atoms with Gasteiger partial charge in [0.1, 0.15) is 5.82 Å². The SMILES string of the molecule is c1cc(N2C[C@@H]3CC[C@@H](C3)C2)nc(Nc2cn[nH]c2)n1. The van der Waals surface area contributed by atoms with Crippen LogP contribution >= 0.6 is 0 Å². The topological polar surface area (TPSA) is 69.7 Å². The molecule has 4 rings (SSSR count). The van der Waals surface area contributed by atoms with Crippen molar-refractivity contribution in [2.45, 2.75) is 19.3 Å². The number of nitrogens with zero attached hydrogens (tertiary/aromatic N) is 4. The lowest BCUT2D eigenvalue weighted by molar-refractivity contribution is 0.419. The first-order valence-electron chi connectivity index (χ1n) is 7.20. The van der Waals surface area contributed by atoms with Gasteiger partial charge < -0.3 is 10.2 Å². The van der Waals surface area contributed by atoms with Crippen LogP contribution in [0, 0.1) is 11.8 Å². The second-order valence-electron chi connectivity index (χ2n) is 5.80. The number of anilines is 3. The van der Waals surface area contributed by atoms with Gasteiger partial charge in [0.05, 0.1) is 11.9 Å². The second-order valence-corrected chi connectivity index (χ2v) is 5.80. The number of aromatic nitrogens is 4. The summed E-state index contributed by atoms with van der Waals surface area (Å²) in [6.07, 6.45) is 9.50. The van der Waals surface area contributed by atoms with E-state index in [1.54, 1.807) is 12.4 Å². The molecule has 0 spiro atoms. The minimum Gasteiger partial charge on any atom is -0.356 e. The summed E-state index contributed by atoms with van der Waals surface area (Å²) in [5.74, 6) is 3.37. The normalized spacial score (nSPS) is 24.9. The Kier molecular flexibility index (Phi) is 2.79. The monoisotopic (exact) mass is 270 g/mol. The number of fused-ring (bicyclic) bond motifs is 2. The highest BCUT2D eigenvalue weighted by Crippen LogP contribution is 2.37. The zero-order valence-corrected chi connectivity index (χ0v) is 11.3. The van der Waals surface area contributed by atoms with E-state index in [2.05, 4.69) is 30.4 Å². The molecule has 20 heavy (non-hydrogen) atoms. The molecular formula is C14H18N6. The maximum absolute atomic E-state index is 4.63. The van der Waals surface area contributed by atoms with Crippen LogP contribution in [-0.2, 0) is 0 Å². The molecule has 2 N–H and O–H groups in total. The Labute approximate surface area is 117 Å². The van der Waals surface area contributed by atoms with Gasteiger partial charge in [-0.2, -0.15) is 10.1 Å². The molecule has 6 nitrogen and oxygen atoms in total. The molecule has 2 aromatic heterocycles. The van der Waals surface area contributed by atoms with E-state index in [9.17, 15) is 0 Å². The van der Waals surface area contributed by atoms with Crippen molar-refractivity contribution in [2.75, 3.05) is 23.3 Å². The Bertz CT molecular complexity index is 569. The van der Waals surface area contributed by atoms with Crippen LogP contribution in [0.1, 0.15) is 19.3 Å². The maximum atomic E-state index is 4.63. The second kappa shape index (κ2) is 4.77. The van der Waals surface area contributed by atoms with E-state index in [4.69, 9.17) is 0 Å². The molecule has 1 saturated carbocycles. The molecule has 2 atom stereocenters. The lowest BCUT2D eigenvalue weighted by atomic mass is 9.99. The fraction of sp³-hybridized carbons (Fsp3) is 0.500. The smallest absolute Gasteiger partial charge is 0.229 e. The molecule has 2 fully saturated rings. The van der Waals surface area contributed by atoms with Crippen LogP contribution in [0.3, 0.4) is 0 Å². The molecule has 2 aromatic rings. The van der Waals surface area contributed by atoms with E-state index in [0.29, 0.717) is 5.95 Å². The van der Waals surface area contributed by atoms with Crippen molar-refractivity contribution in [3.05, 3.63) is 24.7 Å². The quantitative estimate of drug-likeness (QED) is 0.894. The number of rotatable bonds is 3. The summed E-state index contributed by atoms with van der Waals surface area (Å²) in [6.45, 7) is 2.28. The molecule has 104 valence electrons. The standard InChI is InChI=1S/C14H18N6/c1-2-11-5-10(1)8-20(9-11)13-3-4-15-14(19-13)18-12-6-16-17-7-12/h3-4,6-7,10-11H,1-2,5,8-9H2,(H,16,17)(H,15,18,19)/t10-,11+. The Morgan fingerprint density at radius 2 is 2.10 bits per heavy atom. The number of H-pyrrole nitrogens is 1. The van der Waals surface area contributed by atoms with Gasteiger partial charge in [-0.25, -0.2) is 4.98 Å². The third-order valence-corrected chi connectivity index (χ3v) is 4.33. The molecule has 2 bridgehead atoms. The summed E-state index contributed by atoms with van der Waals surface area (Å²) < 4.78 is 0. The fourth-order valence-electron chi connectivity index (χ4n) is 3.43. The zero-order chi connectivity index (χ0) is 13.4. The molecule has 1 aliphatic carbocycles. The number of aromatic amines is 1. The molecule has 2 aliphatic rings. The van der Waals surface area contributed by atoms with Gasteiger partial charge in [0.25, 0.3) is 0 Å². The van der Waals surface area contributed by atoms with E-state index in [-0.39, 0.29) is 0 Å². The van der Waals surface area contributed by atoms with Gasteiger partial charge in [-0.15, -0.1) is 0 Å². The molecule has 0 radical (unpaired) electrons. The van der Waals surface area contributed by atoms with Crippen LogP contribution < -0.4 is 10.2 Å². The van der Waals surface area contributed by atoms with Crippen molar-refractivity contribution in [1.29, 1.82) is 0 Å². The molecule has 6 heteroatoms. The first kappa shape index (κ1) is 11.7. The largest absolute Gasteiger partial charge is 0.356 e. The van der Waals surface area contributed by atoms with Crippen molar-refractivity contribution in [1.82, 2.24) is 20.2 Å². The van der Waals surface area contributed by atoms with Crippen molar-refractivity contribution in [3.8, 4) is 0 Å². The summed E-state index contributed by atoms with van der Waals surface area (Å²) in [5, 5.41) is 9.83. The van der Waals surface area contributed by atoms with Gasteiger partial charge >= 0.3 is 0 Å². The van der Waals surface area contributed by atoms with Crippen molar-refractivity contribution in [2.24, 2.45) is 11.8 Å². The van der Waals surface area contributed by atoms with Crippen LogP contribution in [0.2, 0.25) is 0 Å². The van der Waals surface area contributed by atoms with Crippen LogP contribution in [-0.4, -0.2) is 33.3 Å². The highest BCUT2D eigenvalue weighted by molar-refractivity contribution is 5.52. The number of hydrogen-bond acceptors (Lipinski definition) is 5. The first-order chi connectivity index (χ1) is 9.87. The number of nitrogens with one attached hydrogen (secondary N) is 2. The van der Waals surface area contributed by atoms with E-state index in [1.165, 1.54) is 19.3 Å². The fourth-order valence-corrected chi connectivity index (χ4v) is 3.43. The lowest BCUT2D eigenvalue weighted by Gasteiger charge is -2.32. The molecular weight excluding hydrogens is 252 g/mol. The van der Waals surface area contributed by atoms with E-state index < -0.39 is 0 Å². The Morgan fingerprint density at radius 3 is 2.85 bits per heavy atom. The van der Waals surface area contributed by atoms with Crippen LogP contribution in [0.5, 0.6) is 0 Å². The maximum Gasteiger partial charge on any atom is 0.229 e. The van der Waals surface area contributed by atoms with Crippen LogP contribution in [0.25, 0.3) is 0 Å². The zero-order valence-electron chi connectivity index (χ0n) is 11.3. The van der Waals surface area contributed by atoms with Gasteiger partial charge in [0.15, 0.2) is 0 Å². The van der Waals surface area contributed by atoms with Crippen LogP contribution in [0.4, 0.5) is 17.5 Å². The minimum absolute atomic E-state index is 0.627. The minimum atomic E-state index is 0.627. The van der Waals surface area contributed by atoms with Crippen molar-refractivity contribution < 1.29 is 0 Å². The first-order valence-corrected chi connectivity index (χ1v) is 7.20. The number of hydrogen-bond donors (Lipinski definition) is 2. The lowest BCUT2D eigenvalue weighted by Crippen LogP contribution is -2.36. The van der Waals surface area contributed by atoms with E-state index in [1.807, 2.05) is 12.3 Å². The average molecular weight is 270 g/mol. The van der Waals surface area contributed by atoms with Gasteiger partial charge in [0, 0.05) is 25.5 Å². The molecule has 1 saturated heterocycles. The number of piperidine rings is 1. The van der Waals surface area contributed by atoms with Crippen molar-refractivity contribution in [3.63, 3.8) is 0 Å². The van der Waals surface area contributed by atoms with Gasteiger partial charge in [-0.3, -0.25) is 5.10 Å². The predicted molar refractivity (Wildman–Crippen MR) is 76.9 cm³/mol. The van der Waals surface area contributed by atoms with Crippen LogP contribution in [0.15, 0.2) is 24.7 Å². The summed E-state index contributed by atoms with van der Waals surface area (Å²) in [6, 6.07) is 2.01. The summed E-state index contributed by atoms with van der Waals surface area (Å²) in [7, 11) is 0. The van der Waals surface area contributed by atoms with E-state index >= 15 is 0 Å². The van der Waals surface area contributed by atoms with Gasteiger partial charge in [-0.1, -0.05) is 0 Å². The summed E-state index contributed by atoms with van der Waals surface area (Å²) >= 11 is 0. The van der Waals surface area contributed by atoms with E-state index in [0.717, 1.165) is 36.4 Å². The highest BCUT2D eigenvalue weighted by Gasteiger charge is 2.33. The molecule has 0 aromatic carbocycles. The average Bonchev–Trinajstić information content (AvgIpc) is 3.09. The molecule has 0 amide bonds. The molecule has 3 heterocycles. The van der Waals surface area contributed by atoms with Gasteiger partial charge in [0.2, 0.25) is 5.95 Å². The Balaban J connectivity index is 1.53. The predicted octanol–water partition coefficient (Wildman–Crippen LogP) is 2.18. The summed E-state index contributed by atoms with van der Waals surface area (Å²) in [5.41, 5.74) is 0.876. The Hall–Kier alpha value is -2.11. The molecule has 1 aliphatic heterocycles. The third-order valence-electron chi connectivity index (χ3n) is 4.33. The third kappa shape index (κ3) is 2.21. The Morgan fingerprint density at radius 1 is 1.25 bits per heavy atom. The van der Waals surface area contributed by atoms with Crippen molar-refractivity contribution >= 4 is 17.5 Å². The van der Waals surface area contributed by atoms with Gasteiger partial charge in [-0.05, 0) is 37.2 Å². The highest BCUT2D eigenvalue weighted by atomic mass is 15.2. The summed E-state index contributed by atoms with van der Waals surface area (Å²) in [4.78, 5) is 11.3.